The average molecular weight is 272 g/mol. The molecule has 0 saturated heterocycles. The highest BCUT2D eigenvalue weighted by atomic mass is 16.1. The Labute approximate surface area is 123 Å². The first-order valence-electron chi connectivity index (χ1n) is 7.94. The standard InChI is InChI=1S/C19H28O/c1-14-5-7-15(8-6-14)13-18(20)16-9-11-17(12-10-16)19(2,3)4/h5-8,16-17H,9-13H2,1-4H3. The highest BCUT2D eigenvalue weighted by Crippen LogP contribution is 2.40. The number of Topliss-reactive ketones (excluding diaryl/α,β-unsaturated/α-hetero) is 1. The van der Waals surface area contributed by atoms with Gasteiger partial charge in [-0.15, -0.1) is 0 Å². The number of carbonyl (C=O) groups excluding carboxylic acids is 1. The van der Waals surface area contributed by atoms with Crippen molar-refractivity contribution in [3.8, 4) is 0 Å². The molecule has 0 heterocycles. The third-order valence-corrected chi connectivity index (χ3v) is 4.91. The minimum atomic E-state index is 0.301. The van der Waals surface area contributed by atoms with Crippen molar-refractivity contribution in [2.24, 2.45) is 17.3 Å². The van der Waals surface area contributed by atoms with Crippen LogP contribution in [0.15, 0.2) is 24.3 Å². The Morgan fingerprint density at radius 2 is 1.60 bits per heavy atom. The third-order valence-electron chi connectivity index (χ3n) is 4.91. The van der Waals surface area contributed by atoms with Crippen LogP contribution in [0.3, 0.4) is 0 Å². The molecule has 110 valence electrons. The van der Waals surface area contributed by atoms with Gasteiger partial charge in [-0.05, 0) is 49.5 Å². The molecule has 1 nitrogen and oxygen atoms in total. The van der Waals surface area contributed by atoms with Gasteiger partial charge in [-0.2, -0.15) is 0 Å². The molecule has 1 aromatic carbocycles. The highest BCUT2D eigenvalue weighted by Gasteiger charge is 2.32. The second-order valence-electron chi connectivity index (χ2n) is 7.54. The second-order valence-corrected chi connectivity index (χ2v) is 7.54. The first-order valence-corrected chi connectivity index (χ1v) is 7.94. The molecule has 0 N–H and O–H groups in total. The van der Waals surface area contributed by atoms with Gasteiger partial charge in [0.1, 0.15) is 5.78 Å². The summed E-state index contributed by atoms with van der Waals surface area (Å²) < 4.78 is 0. The monoisotopic (exact) mass is 272 g/mol. The fourth-order valence-corrected chi connectivity index (χ4v) is 3.33. The molecule has 0 amide bonds. The van der Waals surface area contributed by atoms with E-state index in [0.717, 1.165) is 18.8 Å². The van der Waals surface area contributed by atoms with Gasteiger partial charge in [0.25, 0.3) is 0 Å². The smallest absolute Gasteiger partial charge is 0.140 e. The summed E-state index contributed by atoms with van der Waals surface area (Å²) in [6.07, 6.45) is 5.23. The van der Waals surface area contributed by atoms with E-state index in [1.807, 2.05) is 0 Å². The maximum Gasteiger partial charge on any atom is 0.140 e. The van der Waals surface area contributed by atoms with E-state index in [9.17, 15) is 4.79 Å². The molecule has 0 aliphatic heterocycles. The Bertz CT molecular complexity index is 442. The minimum Gasteiger partial charge on any atom is -0.299 e. The fraction of sp³-hybridized carbons (Fsp3) is 0.632. The number of hydrogen-bond acceptors (Lipinski definition) is 1. The molecule has 0 aromatic heterocycles. The van der Waals surface area contributed by atoms with Crippen molar-refractivity contribution in [2.75, 3.05) is 0 Å². The van der Waals surface area contributed by atoms with Crippen molar-refractivity contribution in [3.05, 3.63) is 35.4 Å². The lowest BCUT2D eigenvalue weighted by atomic mass is 9.69. The zero-order valence-electron chi connectivity index (χ0n) is 13.4. The Balaban J connectivity index is 1.87. The molecule has 20 heavy (non-hydrogen) atoms. The molecule has 1 aliphatic rings. The molecule has 0 spiro atoms. The van der Waals surface area contributed by atoms with Crippen molar-refractivity contribution in [1.29, 1.82) is 0 Å². The van der Waals surface area contributed by atoms with Gasteiger partial charge >= 0.3 is 0 Å². The predicted molar refractivity (Wildman–Crippen MR) is 84.8 cm³/mol. The average Bonchev–Trinajstić information content (AvgIpc) is 2.40. The van der Waals surface area contributed by atoms with Crippen molar-refractivity contribution in [3.63, 3.8) is 0 Å². The van der Waals surface area contributed by atoms with Crippen molar-refractivity contribution in [2.45, 2.75) is 59.8 Å². The van der Waals surface area contributed by atoms with E-state index in [0.29, 0.717) is 23.5 Å². The van der Waals surface area contributed by atoms with Gasteiger partial charge in [0.05, 0.1) is 0 Å². The van der Waals surface area contributed by atoms with Crippen LogP contribution >= 0.6 is 0 Å². The summed E-state index contributed by atoms with van der Waals surface area (Å²) in [5, 5.41) is 0. The lowest BCUT2D eigenvalue weighted by Gasteiger charge is -2.36. The van der Waals surface area contributed by atoms with Crippen molar-refractivity contribution < 1.29 is 4.79 Å². The van der Waals surface area contributed by atoms with E-state index in [1.54, 1.807) is 0 Å². The van der Waals surface area contributed by atoms with Crippen molar-refractivity contribution in [1.82, 2.24) is 0 Å². The Morgan fingerprint density at radius 3 is 2.10 bits per heavy atom. The summed E-state index contributed by atoms with van der Waals surface area (Å²) in [7, 11) is 0. The van der Waals surface area contributed by atoms with Gasteiger partial charge < -0.3 is 0 Å². The zero-order chi connectivity index (χ0) is 14.8. The molecule has 1 fully saturated rings. The Kier molecular flexibility index (Phi) is 4.67. The maximum atomic E-state index is 12.4. The molecule has 0 radical (unpaired) electrons. The molecule has 1 aliphatic carbocycles. The number of rotatable bonds is 3. The van der Waals surface area contributed by atoms with E-state index in [1.165, 1.54) is 24.0 Å². The summed E-state index contributed by atoms with van der Waals surface area (Å²) in [5.41, 5.74) is 2.82. The number of ketones is 1. The van der Waals surface area contributed by atoms with Crippen LogP contribution in [0.4, 0.5) is 0 Å². The van der Waals surface area contributed by atoms with Crippen LogP contribution in [0, 0.1) is 24.2 Å². The molecule has 1 aromatic rings. The molecular formula is C19H28O. The van der Waals surface area contributed by atoms with Crippen LogP contribution in [0.5, 0.6) is 0 Å². The molecule has 1 saturated carbocycles. The van der Waals surface area contributed by atoms with Crippen LogP contribution in [0.1, 0.15) is 57.6 Å². The van der Waals surface area contributed by atoms with E-state index in [4.69, 9.17) is 0 Å². The second kappa shape index (κ2) is 6.11. The predicted octanol–water partition coefficient (Wildman–Crippen LogP) is 4.96. The van der Waals surface area contributed by atoms with E-state index >= 15 is 0 Å². The van der Waals surface area contributed by atoms with Gasteiger partial charge in [-0.1, -0.05) is 50.6 Å². The van der Waals surface area contributed by atoms with Gasteiger partial charge in [0, 0.05) is 12.3 Å². The molecule has 0 unspecified atom stereocenters. The normalized spacial score (nSPS) is 23.6. The molecular weight excluding hydrogens is 244 g/mol. The van der Waals surface area contributed by atoms with E-state index in [2.05, 4.69) is 52.0 Å². The highest BCUT2D eigenvalue weighted by molar-refractivity contribution is 5.83. The SMILES string of the molecule is Cc1ccc(CC(=O)C2CCC(C(C)(C)C)CC2)cc1. The molecule has 1 heteroatoms. The molecule has 2 rings (SSSR count). The van der Waals surface area contributed by atoms with Crippen molar-refractivity contribution >= 4 is 5.78 Å². The summed E-state index contributed by atoms with van der Waals surface area (Å²) in [5.74, 6) is 1.53. The third kappa shape index (κ3) is 3.94. The van der Waals surface area contributed by atoms with Crippen LogP contribution in [-0.4, -0.2) is 5.78 Å². The Hall–Kier alpha value is -1.11. The van der Waals surface area contributed by atoms with E-state index in [-0.39, 0.29) is 0 Å². The summed E-state index contributed by atoms with van der Waals surface area (Å²) in [4.78, 5) is 12.4. The van der Waals surface area contributed by atoms with Crippen LogP contribution in [0.2, 0.25) is 0 Å². The van der Waals surface area contributed by atoms with Gasteiger partial charge in [0.2, 0.25) is 0 Å². The lowest BCUT2D eigenvalue weighted by molar-refractivity contribution is -0.123. The Morgan fingerprint density at radius 1 is 1.05 bits per heavy atom. The summed E-state index contributed by atoms with van der Waals surface area (Å²) in [6.45, 7) is 9.06. The maximum absolute atomic E-state index is 12.4. The zero-order valence-corrected chi connectivity index (χ0v) is 13.4. The molecule has 0 bridgehead atoms. The number of carbonyl (C=O) groups is 1. The van der Waals surface area contributed by atoms with Crippen LogP contribution in [-0.2, 0) is 11.2 Å². The number of hydrogen-bond donors (Lipinski definition) is 0. The first kappa shape index (κ1) is 15.3. The van der Waals surface area contributed by atoms with Gasteiger partial charge in [-0.3, -0.25) is 4.79 Å². The number of benzene rings is 1. The van der Waals surface area contributed by atoms with Gasteiger partial charge in [-0.25, -0.2) is 0 Å². The van der Waals surface area contributed by atoms with E-state index < -0.39 is 0 Å². The van der Waals surface area contributed by atoms with Gasteiger partial charge in [0.15, 0.2) is 0 Å². The summed E-state index contributed by atoms with van der Waals surface area (Å²) >= 11 is 0. The fourth-order valence-electron chi connectivity index (χ4n) is 3.33. The molecule has 0 atom stereocenters. The topological polar surface area (TPSA) is 17.1 Å². The largest absolute Gasteiger partial charge is 0.299 e. The quantitative estimate of drug-likeness (QED) is 0.760. The number of aryl methyl sites for hydroxylation is 1. The lowest BCUT2D eigenvalue weighted by Crippen LogP contribution is -2.29. The summed E-state index contributed by atoms with van der Waals surface area (Å²) in [6, 6.07) is 8.38. The van der Waals surface area contributed by atoms with Crippen LogP contribution in [0.25, 0.3) is 0 Å². The first-order chi connectivity index (χ1) is 9.36. The van der Waals surface area contributed by atoms with Crippen LogP contribution < -0.4 is 0 Å². The minimum absolute atomic E-state index is 0.301.